The van der Waals surface area contributed by atoms with Gasteiger partial charge in [-0.1, -0.05) is 176 Å². The quantitative estimate of drug-likeness (QED) is 0.0233. The Kier molecular flexibility index (Phi) is 43.1. The van der Waals surface area contributed by atoms with Crippen molar-refractivity contribution in [2.75, 3.05) is 26.4 Å². The lowest BCUT2D eigenvalue weighted by Gasteiger charge is -2.20. The van der Waals surface area contributed by atoms with E-state index in [1.54, 1.807) is 0 Å². The lowest BCUT2D eigenvalue weighted by Crippen LogP contribution is -2.34. The Morgan fingerprint density at radius 1 is 0.525 bits per heavy atom. The van der Waals surface area contributed by atoms with Crippen LogP contribution in [0.25, 0.3) is 0 Å². The molecule has 0 aromatic rings. The molecule has 0 heterocycles. The molecule has 0 aliphatic rings. The monoisotopic (exact) mass is 876 g/mol. The van der Waals surface area contributed by atoms with Crippen molar-refractivity contribution in [1.82, 2.24) is 0 Å². The predicted octanol–water partition coefficient (Wildman–Crippen LogP) is 13.5. The van der Waals surface area contributed by atoms with Crippen molar-refractivity contribution in [3.8, 4) is 0 Å². The fourth-order valence-corrected chi connectivity index (χ4v) is 6.86. The van der Waals surface area contributed by atoms with Gasteiger partial charge in [-0.05, 0) is 83.5 Å². The Bertz CT molecular complexity index is 1290. The minimum absolute atomic E-state index is 0.00176. The van der Waals surface area contributed by atoms with Gasteiger partial charge in [0.25, 0.3) is 0 Å². The fraction of sp³-hybridized carbons (Fsp3) is 0.680. The van der Waals surface area contributed by atoms with Gasteiger partial charge >= 0.3 is 19.8 Å². The number of carboxylic acids is 1. The molecule has 0 aliphatic carbocycles. The van der Waals surface area contributed by atoms with Crippen molar-refractivity contribution in [2.24, 2.45) is 5.73 Å². The Balaban J connectivity index is 4.20. The molecule has 11 heteroatoms. The summed E-state index contributed by atoms with van der Waals surface area (Å²) in [4.78, 5) is 33.6. The van der Waals surface area contributed by atoms with E-state index < -0.39 is 45.1 Å². The van der Waals surface area contributed by atoms with E-state index in [4.69, 9.17) is 29.4 Å². The first-order valence-corrected chi connectivity index (χ1v) is 25.1. The molecule has 350 valence electrons. The molecular formula is C50H86NO9P. The van der Waals surface area contributed by atoms with E-state index in [0.717, 1.165) is 103 Å². The summed E-state index contributed by atoms with van der Waals surface area (Å²) in [7, 11) is -4.63. The van der Waals surface area contributed by atoms with E-state index in [2.05, 4.69) is 98.9 Å². The summed E-state index contributed by atoms with van der Waals surface area (Å²) in [6, 6.07) is -1.48. The van der Waals surface area contributed by atoms with Crippen molar-refractivity contribution in [3.05, 3.63) is 85.1 Å². The fourth-order valence-electron chi connectivity index (χ4n) is 6.08. The minimum Gasteiger partial charge on any atom is -0.480 e. The number of aliphatic carboxylic acids is 1. The summed E-state index contributed by atoms with van der Waals surface area (Å²) in [6.45, 7) is 3.62. The molecule has 0 radical (unpaired) electrons. The number of unbranched alkanes of at least 4 members (excludes halogenated alkanes) is 16. The van der Waals surface area contributed by atoms with Gasteiger partial charge in [0.05, 0.1) is 19.8 Å². The number of nitrogens with two attached hydrogens (primary N) is 1. The number of carbonyl (C=O) groups is 2. The zero-order valence-electron chi connectivity index (χ0n) is 38.2. The molecule has 61 heavy (non-hydrogen) atoms. The first-order valence-electron chi connectivity index (χ1n) is 23.6. The smallest absolute Gasteiger partial charge is 0.472 e. The summed E-state index contributed by atoms with van der Waals surface area (Å²) in [5.74, 6) is -1.79. The third kappa shape index (κ3) is 45.0. The Morgan fingerprint density at radius 2 is 0.902 bits per heavy atom. The van der Waals surface area contributed by atoms with Gasteiger partial charge in [0.2, 0.25) is 0 Å². The van der Waals surface area contributed by atoms with Crippen molar-refractivity contribution in [2.45, 2.75) is 193 Å². The van der Waals surface area contributed by atoms with Crippen LogP contribution in [0, 0.1) is 0 Å². The molecule has 4 N–H and O–H groups in total. The molecule has 0 saturated carbocycles. The third-order valence-electron chi connectivity index (χ3n) is 9.67. The SMILES string of the molecule is CC/C=C\C/C=C\C/C=C\C/C=C\CCCCCCCCCCCCC(=O)OC(COCCCCCCCC/C=C\C/C=C\C/C=C\CC)COP(=O)(O)OCC(N)C(=O)O. The van der Waals surface area contributed by atoms with Gasteiger partial charge in [-0.15, -0.1) is 0 Å². The summed E-state index contributed by atoms with van der Waals surface area (Å²) in [6.07, 6.45) is 57.8. The number of hydrogen-bond donors (Lipinski definition) is 3. The Hall–Kier alpha value is -2.85. The second-order valence-electron chi connectivity index (χ2n) is 15.5. The van der Waals surface area contributed by atoms with Crippen LogP contribution in [0.2, 0.25) is 0 Å². The van der Waals surface area contributed by atoms with Gasteiger partial charge in [-0.2, -0.15) is 0 Å². The first-order chi connectivity index (χ1) is 29.7. The summed E-state index contributed by atoms with van der Waals surface area (Å²) in [5, 5.41) is 8.91. The minimum atomic E-state index is -4.63. The van der Waals surface area contributed by atoms with Gasteiger partial charge in [-0.3, -0.25) is 18.6 Å². The number of rotatable bonds is 44. The highest BCUT2D eigenvalue weighted by Crippen LogP contribution is 2.43. The Labute approximate surface area is 371 Å². The highest BCUT2D eigenvalue weighted by molar-refractivity contribution is 7.47. The molecule has 10 nitrogen and oxygen atoms in total. The van der Waals surface area contributed by atoms with Crippen molar-refractivity contribution in [3.63, 3.8) is 0 Å². The average Bonchev–Trinajstić information content (AvgIpc) is 3.24. The van der Waals surface area contributed by atoms with Crippen LogP contribution in [0.1, 0.15) is 181 Å². The zero-order valence-corrected chi connectivity index (χ0v) is 39.1. The van der Waals surface area contributed by atoms with E-state index in [-0.39, 0.29) is 13.0 Å². The number of allylic oxidation sites excluding steroid dienone is 14. The number of phosphoric acid groups is 1. The molecule has 3 unspecified atom stereocenters. The van der Waals surface area contributed by atoms with E-state index in [1.807, 2.05) is 0 Å². The van der Waals surface area contributed by atoms with Crippen LogP contribution < -0.4 is 5.73 Å². The lowest BCUT2D eigenvalue weighted by molar-refractivity contribution is -0.154. The van der Waals surface area contributed by atoms with Gasteiger partial charge in [0.1, 0.15) is 12.1 Å². The van der Waals surface area contributed by atoms with Crippen LogP contribution in [-0.4, -0.2) is 60.5 Å². The van der Waals surface area contributed by atoms with Gasteiger partial charge in [-0.25, -0.2) is 4.57 Å². The van der Waals surface area contributed by atoms with Crippen molar-refractivity contribution >= 4 is 19.8 Å². The molecule has 0 aliphatic heterocycles. The Morgan fingerprint density at radius 3 is 1.34 bits per heavy atom. The summed E-state index contributed by atoms with van der Waals surface area (Å²) >= 11 is 0. The maximum absolute atomic E-state index is 12.7. The van der Waals surface area contributed by atoms with Crippen molar-refractivity contribution in [1.29, 1.82) is 0 Å². The van der Waals surface area contributed by atoms with Crippen LogP contribution >= 0.6 is 7.82 Å². The molecule has 3 atom stereocenters. The average molecular weight is 876 g/mol. The van der Waals surface area contributed by atoms with Crippen LogP contribution in [0.4, 0.5) is 0 Å². The molecule has 0 rings (SSSR count). The number of esters is 1. The molecule has 0 fully saturated rings. The maximum Gasteiger partial charge on any atom is 0.472 e. The normalized spacial score (nSPS) is 14.6. The van der Waals surface area contributed by atoms with E-state index >= 15 is 0 Å². The van der Waals surface area contributed by atoms with Crippen LogP contribution in [0.3, 0.4) is 0 Å². The third-order valence-corrected chi connectivity index (χ3v) is 10.6. The number of phosphoric ester groups is 1. The number of carbonyl (C=O) groups excluding carboxylic acids is 1. The summed E-state index contributed by atoms with van der Waals surface area (Å²) in [5.41, 5.74) is 5.36. The van der Waals surface area contributed by atoms with Gasteiger partial charge < -0.3 is 25.2 Å². The van der Waals surface area contributed by atoms with Crippen LogP contribution in [0.15, 0.2) is 85.1 Å². The predicted molar refractivity (Wildman–Crippen MR) is 253 cm³/mol. The molecule has 0 amide bonds. The van der Waals surface area contributed by atoms with Crippen LogP contribution in [0.5, 0.6) is 0 Å². The topological polar surface area (TPSA) is 155 Å². The van der Waals surface area contributed by atoms with Crippen molar-refractivity contribution < 1.29 is 42.7 Å². The van der Waals surface area contributed by atoms with Gasteiger partial charge in [0.15, 0.2) is 0 Å². The molecule has 0 saturated heterocycles. The molecule has 0 spiro atoms. The number of hydrogen-bond acceptors (Lipinski definition) is 8. The van der Waals surface area contributed by atoms with E-state index in [9.17, 15) is 19.0 Å². The molecule has 0 aromatic heterocycles. The zero-order chi connectivity index (χ0) is 44.8. The molecule has 0 bridgehead atoms. The van der Waals surface area contributed by atoms with E-state index in [0.29, 0.717) is 13.0 Å². The first kappa shape index (κ1) is 58.1. The second-order valence-corrected chi connectivity index (χ2v) is 16.9. The second kappa shape index (κ2) is 45.2. The van der Waals surface area contributed by atoms with Crippen LogP contribution in [-0.2, 0) is 32.7 Å². The number of ether oxygens (including phenoxy) is 2. The largest absolute Gasteiger partial charge is 0.480 e. The standard InChI is InChI=1S/C50H86NO9P/c1-3-5-7-9-11-13-15-17-19-21-22-23-24-25-26-27-28-30-32-34-36-38-40-42-49(52)60-47(45-58-61(55,56)59-46-48(51)50(53)54)44-57-43-41-39-37-35-33-31-29-20-18-16-14-12-10-8-6-4-2/h5-8,11-14,17-20,22-23,47-48H,3-4,9-10,15-16,21,24-46,51H2,1-2H3,(H,53,54)(H,55,56)/b7-5-,8-6-,13-11-,14-12-,19-17-,20-18-,23-22-. The van der Waals surface area contributed by atoms with E-state index in [1.165, 1.54) is 51.4 Å². The highest BCUT2D eigenvalue weighted by atomic mass is 31.2. The van der Waals surface area contributed by atoms with Gasteiger partial charge in [0, 0.05) is 13.0 Å². The lowest BCUT2D eigenvalue weighted by atomic mass is 10.0. The summed E-state index contributed by atoms with van der Waals surface area (Å²) < 4.78 is 33.4. The number of carboxylic acid groups (broad SMARTS) is 1. The maximum atomic E-state index is 12.7. The molecule has 0 aromatic carbocycles. The molecular weight excluding hydrogens is 790 g/mol. The highest BCUT2D eigenvalue weighted by Gasteiger charge is 2.27.